The van der Waals surface area contributed by atoms with Gasteiger partial charge in [-0.1, -0.05) is 15.9 Å². The molecule has 3 rings (SSSR count). The Morgan fingerprint density at radius 3 is 2.78 bits per heavy atom. The lowest BCUT2D eigenvalue weighted by atomic mass is 10.1. The minimum absolute atomic E-state index is 0.612. The Hall–Kier alpha value is -0.540. The second-order valence-corrected chi connectivity index (χ2v) is 6.73. The molecule has 1 aliphatic carbocycles. The summed E-state index contributed by atoms with van der Waals surface area (Å²) < 4.78 is 1.16. The zero-order valence-corrected chi connectivity index (χ0v) is 12.7. The maximum atomic E-state index is 3.72. The van der Waals surface area contributed by atoms with Crippen molar-refractivity contribution in [3.8, 4) is 0 Å². The van der Waals surface area contributed by atoms with Gasteiger partial charge in [-0.25, -0.2) is 0 Å². The lowest BCUT2D eigenvalue weighted by Crippen LogP contribution is -2.31. The first-order valence-electron chi connectivity index (χ1n) is 6.92. The molecule has 98 valence electrons. The molecule has 1 N–H and O–H groups in total. The van der Waals surface area contributed by atoms with Crippen LogP contribution in [0.15, 0.2) is 22.7 Å². The summed E-state index contributed by atoms with van der Waals surface area (Å²) in [6, 6.07) is 8.72. The van der Waals surface area contributed by atoms with Gasteiger partial charge in [-0.3, -0.25) is 4.90 Å². The van der Waals surface area contributed by atoms with Crippen molar-refractivity contribution in [1.29, 1.82) is 0 Å². The Morgan fingerprint density at radius 2 is 2.11 bits per heavy atom. The summed E-state index contributed by atoms with van der Waals surface area (Å²) in [7, 11) is 0. The molecule has 1 saturated heterocycles. The summed E-state index contributed by atoms with van der Waals surface area (Å²) in [6.07, 6.45) is 4.09. The monoisotopic (exact) mass is 308 g/mol. The molecule has 18 heavy (non-hydrogen) atoms. The van der Waals surface area contributed by atoms with E-state index in [9.17, 15) is 0 Å². The van der Waals surface area contributed by atoms with Crippen LogP contribution >= 0.6 is 15.9 Å². The zero-order valence-electron chi connectivity index (χ0n) is 11.1. The van der Waals surface area contributed by atoms with Crippen LogP contribution in [0.25, 0.3) is 0 Å². The van der Waals surface area contributed by atoms with Gasteiger partial charge in [-0.05, 0) is 56.9 Å². The normalized spacial score (nSPS) is 28.6. The third-order valence-electron chi connectivity index (χ3n) is 4.19. The number of benzene rings is 1. The molecule has 2 nitrogen and oxygen atoms in total. The molecule has 1 aromatic rings. The number of anilines is 1. The van der Waals surface area contributed by atoms with E-state index < -0.39 is 0 Å². The van der Waals surface area contributed by atoms with E-state index in [1.165, 1.54) is 37.1 Å². The van der Waals surface area contributed by atoms with Crippen LogP contribution < -0.4 is 5.32 Å². The van der Waals surface area contributed by atoms with Crippen molar-refractivity contribution in [2.24, 2.45) is 0 Å². The second-order valence-electron chi connectivity index (χ2n) is 5.81. The van der Waals surface area contributed by atoms with Gasteiger partial charge in [-0.2, -0.15) is 0 Å². The highest BCUT2D eigenvalue weighted by Crippen LogP contribution is 2.34. The molecule has 0 aromatic heterocycles. The van der Waals surface area contributed by atoms with Gasteiger partial charge in [0, 0.05) is 34.8 Å². The standard InChI is InChI=1S/C15H21BrN2/c1-10-7-12(16)3-6-15(10)17-13-8-11(2)18(9-13)14-4-5-14/h3,6-7,11,13-14,17H,4-5,8-9H2,1-2H3. The van der Waals surface area contributed by atoms with E-state index in [0.717, 1.165) is 16.6 Å². The van der Waals surface area contributed by atoms with Crippen molar-refractivity contribution >= 4 is 21.6 Å². The molecule has 3 heteroatoms. The number of hydrogen-bond donors (Lipinski definition) is 1. The van der Waals surface area contributed by atoms with Gasteiger partial charge in [-0.15, -0.1) is 0 Å². The minimum Gasteiger partial charge on any atom is -0.381 e. The molecule has 0 amide bonds. The first-order chi connectivity index (χ1) is 8.63. The van der Waals surface area contributed by atoms with E-state index in [0.29, 0.717) is 6.04 Å². The van der Waals surface area contributed by atoms with Gasteiger partial charge in [0.2, 0.25) is 0 Å². The van der Waals surface area contributed by atoms with E-state index in [2.05, 4.69) is 58.2 Å². The third kappa shape index (κ3) is 2.57. The largest absolute Gasteiger partial charge is 0.381 e. The van der Waals surface area contributed by atoms with Crippen molar-refractivity contribution in [2.75, 3.05) is 11.9 Å². The molecule has 0 bridgehead atoms. The third-order valence-corrected chi connectivity index (χ3v) is 4.68. The lowest BCUT2D eigenvalue weighted by molar-refractivity contribution is 0.257. The first kappa shape index (κ1) is 12.5. The summed E-state index contributed by atoms with van der Waals surface area (Å²) in [5.74, 6) is 0. The number of halogens is 1. The van der Waals surface area contributed by atoms with E-state index in [1.807, 2.05) is 0 Å². The molecule has 1 saturated carbocycles. The van der Waals surface area contributed by atoms with Crippen LogP contribution in [0.2, 0.25) is 0 Å². The Balaban J connectivity index is 1.66. The smallest absolute Gasteiger partial charge is 0.0403 e. The first-order valence-corrected chi connectivity index (χ1v) is 7.71. The summed E-state index contributed by atoms with van der Waals surface area (Å²) in [6.45, 7) is 5.75. The Bertz CT molecular complexity index is 442. The molecule has 0 spiro atoms. The van der Waals surface area contributed by atoms with Crippen LogP contribution in [-0.4, -0.2) is 29.6 Å². The predicted octanol–water partition coefficient (Wildman–Crippen LogP) is 3.79. The fraction of sp³-hybridized carbons (Fsp3) is 0.600. The minimum atomic E-state index is 0.612. The van der Waals surface area contributed by atoms with Gasteiger partial charge in [0.1, 0.15) is 0 Å². The van der Waals surface area contributed by atoms with E-state index in [-0.39, 0.29) is 0 Å². The number of nitrogens with zero attached hydrogens (tertiary/aromatic N) is 1. The fourth-order valence-electron chi connectivity index (χ4n) is 3.08. The van der Waals surface area contributed by atoms with Crippen molar-refractivity contribution in [2.45, 2.75) is 51.2 Å². The van der Waals surface area contributed by atoms with Gasteiger partial charge in [0.25, 0.3) is 0 Å². The molecule has 2 aliphatic rings. The van der Waals surface area contributed by atoms with Crippen LogP contribution in [0.1, 0.15) is 31.7 Å². The second kappa shape index (κ2) is 4.86. The Labute approximate surface area is 118 Å². The molecule has 2 atom stereocenters. The molecule has 1 aromatic carbocycles. The summed E-state index contributed by atoms with van der Waals surface area (Å²) in [5, 5.41) is 3.72. The van der Waals surface area contributed by atoms with Crippen LogP contribution in [0, 0.1) is 6.92 Å². The zero-order chi connectivity index (χ0) is 12.7. The highest BCUT2D eigenvalue weighted by molar-refractivity contribution is 9.10. The molecule has 1 heterocycles. The number of likely N-dealkylation sites (tertiary alicyclic amines) is 1. The molecule has 0 radical (unpaired) electrons. The van der Waals surface area contributed by atoms with Gasteiger partial charge in [0.15, 0.2) is 0 Å². The summed E-state index contributed by atoms with van der Waals surface area (Å²) in [5.41, 5.74) is 2.61. The number of nitrogens with one attached hydrogen (secondary N) is 1. The fourth-order valence-corrected chi connectivity index (χ4v) is 3.56. The van der Waals surface area contributed by atoms with Crippen molar-refractivity contribution in [3.05, 3.63) is 28.2 Å². The Kier molecular flexibility index (Phi) is 3.37. The van der Waals surface area contributed by atoms with Crippen molar-refractivity contribution in [1.82, 2.24) is 4.90 Å². The summed E-state index contributed by atoms with van der Waals surface area (Å²) >= 11 is 3.52. The molecule has 2 fully saturated rings. The number of rotatable bonds is 3. The maximum absolute atomic E-state index is 3.72. The van der Waals surface area contributed by atoms with Crippen LogP contribution in [0.4, 0.5) is 5.69 Å². The molecular weight excluding hydrogens is 288 g/mol. The van der Waals surface area contributed by atoms with E-state index in [4.69, 9.17) is 0 Å². The number of aryl methyl sites for hydroxylation is 1. The molecule has 1 aliphatic heterocycles. The van der Waals surface area contributed by atoms with Crippen molar-refractivity contribution < 1.29 is 0 Å². The molecular formula is C15H21BrN2. The van der Waals surface area contributed by atoms with Crippen LogP contribution in [0.5, 0.6) is 0 Å². The molecule has 2 unspecified atom stereocenters. The Morgan fingerprint density at radius 1 is 1.33 bits per heavy atom. The van der Waals surface area contributed by atoms with Gasteiger partial charge in [0.05, 0.1) is 0 Å². The van der Waals surface area contributed by atoms with Crippen molar-refractivity contribution in [3.63, 3.8) is 0 Å². The summed E-state index contributed by atoms with van der Waals surface area (Å²) in [4.78, 5) is 2.69. The topological polar surface area (TPSA) is 15.3 Å². The van der Waals surface area contributed by atoms with Crippen LogP contribution in [0.3, 0.4) is 0 Å². The van der Waals surface area contributed by atoms with Gasteiger partial charge < -0.3 is 5.32 Å². The maximum Gasteiger partial charge on any atom is 0.0403 e. The SMILES string of the molecule is Cc1cc(Br)ccc1NC1CC(C)N(C2CC2)C1. The quantitative estimate of drug-likeness (QED) is 0.914. The predicted molar refractivity (Wildman–Crippen MR) is 80.1 cm³/mol. The highest BCUT2D eigenvalue weighted by Gasteiger charge is 2.38. The average molecular weight is 309 g/mol. The van der Waals surface area contributed by atoms with E-state index >= 15 is 0 Å². The lowest BCUT2D eigenvalue weighted by Gasteiger charge is -2.20. The van der Waals surface area contributed by atoms with E-state index in [1.54, 1.807) is 0 Å². The van der Waals surface area contributed by atoms with Crippen LogP contribution in [-0.2, 0) is 0 Å². The average Bonchev–Trinajstić information content (AvgIpc) is 3.08. The number of hydrogen-bond acceptors (Lipinski definition) is 2. The highest BCUT2D eigenvalue weighted by atomic mass is 79.9. The van der Waals surface area contributed by atoms with Gasteiger partial charge >= 0.3 is 0 Å².